The van der Waals surface area contributed by atoms with Gasteiger partial charge in [-0.2, -0.15) is 0 Å². The molecule has 0 heterocycles. The third-order valence-electron chi connectivity index (χ3n) is 3.14. The Morgan fingerprint density at radius 3 is 2.25 bits per heavy atom. The van der Waals surface area contributed by atoms with Crippen molar-refractivity contribution in [3.63, 3.8) is 0 Å². The molecule has 0 saturated carbocycles. The number of rotatable bonds is 4. The minimum absolute atomic E-state index is 0.0970. The lowest BCUT2D eigenvalue weighted by Gasteiger charge is -2.22. The van der Waals surface area contributed by atoms with Gasteiger partial charge in [0.1, 0.15) is 12.4 Å². The van der Waals surface area contributed by atoms with Crippen LogP contribution in [-0.4, -0.2) is 6.61 Å². The molecule has 2 aromatic carbocycles. The number of hydrogen-bond donors (Lipinski definition) is 0. The van der Waals surface area contributed by atoms with Crippen LogP contribution in [0.15, 0.2) is 60.7 Å². The second kappa shape index (κ2) is 6.42. The lowest BCUT2D eigenvalue weighted by molar-refractivity contribution is 0.351. The molecule has 0 saturated heterocycles. The monoisotopic (exact) mass is 266 g/mol. The average molecular weight is 266 g/mol. The predicted octanol–water partition coefficient (Wildman–Crippen LogP) is 5.08. The van der Waals surface area contributed by atoms with E-state index in [1.54, 1.807) is 0 Å². The molecular formula is C19H22O. The summed E-state index contributed by atoms with van der Waals surface area (Å²) in [7, 11) is 0. The standard InChI is InChI=1S/C19H22O/c1-19(2,3)17-13-7-8-14-18(17)20-15-9-12-16-10-5-4-6-11-16/h4-14H,15H2,1-3H3. The van der Waals surface area contributed by atoms with Gasteiger partial charge in [-0.3, -0.25) is 0 Å². The summed E-state index contributed by atoms with van der Waals surface area (Å²) in [5.41, 5.74) is 2.54. The molecule has 20 heavy (non-hydrogen) atoms. The highest BCUT2D eigenvalue weighted by molar-refractivity contribution is 5.48. The zero-order valence-electron chi connectivity index (χ0n) is 12.5. The molecule has 0 aliphatic rings. The van der Waals surface area contributed by atoms with Gasteiger partial charge in [0.05, 0.1) is 0 Å². The molecule has 2 aromatic rings. The first kappa shape index (κ1) is 14.4. The smallest absolute Gasteiger partial charge is 0.123 e. The first-order chi connectivity index (χ1) is 9.57. The van der Waals surface area contributed by atoms with E-state index in [-0.39, 0.29) is 5.41 Å². The molecule has 2 rings (SSSR count). The van der Waals surface area contributed by atoms with Gasteiger partial charge in [-0.15, -0.1) is 0 Å². The van der Waals surface area contributed by atoms with Crippen LogP contribution in [0.3, 0.4) is 0 Å². The van der Waals surface area contributed by atoms with Crippen molar-refractivity contribution in [2.75, 3.05) is 6.61 Å². The normalized spacial score (nSPS) is 11.8. The summed E-state index contributed by atoms with van der Waals surface area (Å²) in [5, 5.41) is 0. The van der Waals surface area contributed by atoms with Crippen LogP contribution in [0.5, 0.6) is 5.75 Å². The SMILES string of the molecule is CC(C)(C)c1ccccc1OCC=Cc1ccccc1. The Morgan fingerprint density at radius 1 is 0.900 bits per heavy atom. The Hall–Kier alpha value is -2.02. The van der Waals surface area contributed by atoms with Crippen molar-refractivity contribution < 1.29 is 4.74 Å². The fourth-order valence-corrected chi connectivity index (χ4v) is 2.10. The maximum absolute atomic E-state index is 5.90. The van der Waals surface area contributed by atoms with E-state index in [0.717, 1.165) is 5.75 Å². The molecule has 0 fully saturated rings. The minimum Gasteiger partial charge on any atom is -0.489 e. The van der Waals surface area contributed by atoms with E-state index in [2.05, 4.69) is 57.2 Å². The lowest BCUT2D eigenvalue weighted by atomic mass is 9.86. The number of benzene rings is 2. The van der Waals surface area contributed by atoms with Crippen LogP contribution in [0.2, 0.25) is 0 Å². The molecule has 0 aliphatic carbocycles. The number of ether oxygens (including phenoxy) is 1. The van der Waals surface area contributed by atoms with Crippen molar-refractivity contribution in [2.45, 2.75) is 26.2 Å². The Morgan fingerprint density at radius 2 is 1.55 bits per heavy atom. The molecule has 0 atom stereocenters. The lowest BCUT2D eigenvalue weighted by Crippen LogP contribution is -2.13. The summed E-state index contributed by atoms with van der Waals surface area (Å²) >= 11 is 0. The van der Waals surface area contributed by atoms with Gasteiger partial charge >= 0.3 is 0 Å². The highest BCUT2D eigenvalue weighted by atomic mass is 16.5. The van der Waals surface area contributed by atoms with Crippen molar-refractivity contribution in [1.29, 1.82) is 0 Å². The summed E-state index contributed by atoms with van der Waals surface area (Å²) in [6.45, 7) is 7.20. The number of hydrogen-bond acceptors (Lipinski definition) is 1. The summed E-state index contributed by atoms with van der Waals surface area (Å²) < 4.78 is 5.90. The molecule has 0 N–H and O–H groups in total. The van der Waals surface area contributed by atoms with E-state index in [1.165, 1.54) is 11.1 Å². The third-order valence-corrected chi connectivity index (χ3v) is 3.14. The Labute approximate surface area is 121 Å². The van der Waals surface area contributed by atoms with Crippen molar-refractivity contribution >= 4 is 6.08 Å². The van der Waals surface area contributed by atoms with Gasteiger partial charge in [0.2, 0.25) is 0 Å². The summed E-state index contributed by atoms with van der Waals surface area (Å²) in [4.78, 5) is 0. The molecule has 1 heteroatoms. The zero-order valence-corrected chi connectivity index (χ0v) is 12.5. The number of para-hydroxylation sites is 1. The molecule has 0 spiro atoms. The van der Waals surface area contributed by atoms with E-state index in [1.807, 2.05) is 30.3 Å². The maximum Gasteiger partial charge on any atom is 0.123 e. The van der Waals surface area contributed by atoms with Gasteiger partial charge in [0.25, 0.3) is 0 Å². The molecule has 0 radical (unpaired) electrons. The Bertz CT molecular complexity index is 562. The topological polar surface area (TPSA) is 9.23 Å². The van der Waals surface area contributed by atoms with Crippen molar-refractivity contribution in [2.24, 2.45) is 0 Å². The van der Waals surface area contributed by atoms with E-state index in [0.29, 0.717) is 6.61 Å². The molecule has 0 aromatic heterocycles. The molecule has 0 bridgehead atoms. The van der Waals surface area contributed by atoms with Gasteiger partial charge in [0.15, 0.2) is 0 Å². The molecule has 1 nitrogen and oxygen atoms in total. The van der Waals surface area contributed by atoms with Crippen LogP contribution in [0.1, 0.15) is 31.9 Å². The summed E-state index contributed by atoms with van der Waals surface area (Å²) in [6.07, 6.45) is 4.13. The molecule has 104 valence electrons. The van der Waals surface area contributed by atoms with Gasteiger partial charge in [-0.25, -0.2) is 0 Å². The largest absolute Gasteiger partial charge is 0.489 e. The highest BCUT2D eigenvalue weighted by Gasteiger charge is 2.17. The molecule has 0 unspecified atom stereocenters. The third kappa shape index (κ3) is 3.99. The van der Waals surface area contributed by atoms with Crippen molar-refractivity contribution in [3.8, 4) is 5.75 Å². The zero-order chi connectivity index (χ0) is 14.4. The maximum atomic E-state index is 5.90. The van der Waals surface area contributed by atoms with Crippen LogP contribution >= 0.6 is 0 Å². The van der Waals surface area contributed by atoms with Crippen LogP contribution in [0, 0.1) is 0 Å². The van der Waals surface area contributed by atoms with Crippen molar-refractivity contribution in [3.05, 3.63) is 71.8 Å². The van der Waals surface area contributed by atoms with E-state index >= 15 is 0 Å². The van der Waals surface area contributed by atoms with Crippen LogP contribution in [0.4, 0.5) is 0 Å². The highest BCUT2D eigenvalue weighted by Crippen LogP contribution is 2.30. The van der Waals surface area contributed by atoms with E-state index in [9.17, 15) is 0 Å². The quantitative estimate of drug-likeness (QED) is 0.750. The van der Waals surface area contributed by atoms with Crippen LogP contribution in [-0.2, 0) is 5.41 Å². The van der Waals surface area contributed by atoms with Gasteiger partial charge in [-0.1, -0.05) is 75.4 Å². The minimum atomic E-state index is 0.0970. The Kier molecular flexibility index (Phi) is 4.62. The first-order valence-corrected chi connectivity index (χ1v) is 7.01. The summed E-state index contributed by atoms with van der Waals surface area (Å²) in [6, 6.07) is 18.5. The van der Waals surface area contributed by atoms with Crippen LogP contribution < -0.4 is 4.74 Å². The second-order valence-corrected chi connectivity index (χ2v) is 5.87. The van der Waals surface area contributed by atoms with Crippen molar-refractivity contribution in [1.82, 2.24) is 0 Å². The Balaban J connectivity index is 2.00. The second-order valence-electron chi connectivity index (χ2n) is 5.87. The predicted molar refractivity (Wildman–Crippen MR) is 86.1 cm³/mol. The average Bonchev–Trinajstić information content (AvgIpc) is 2.44. The summed E-state index contributed by atoms with van der Waals surface area (Å²) in [5.74, 6) is 0.970. The fraction of sp³-hybridized carbons (Fsp3) is 0.263. The van der Waals surface area contributed by atoms with Gasteiger partial charge < -0.3 is 4.74 Å². The molecular weight excluding hydrogens is 244 g/mol. The van der Waals surface area contributed by atoms with E-state index < -0.39 is 0 Å². The molecule has 0 amide bonds. The van der Waals surface area contributed by atoms with Crippen LogP contribution in [0.25, 0.3) is 6.08 Å². The van der Waals surface area contributed by atoms with Gasteiger partial charge in [-0.05, 0) is 28.7 Å². The molecule has 0 aliphatic heterocycles. The van der Waals surface area contributed by atoms with Gasteiger partial charge in [0, 0.05) is 0 Å². The fourth-order valence-electron chi connectivity index (χ4n) is 2.10. The first-order valence-electron chi connectivity index (χ1n) is 7.01. The van der Waals surface area contributed by atoms with E-state index in [4.69, 9.17) is 4.74 Å².